The monoisotopic (exact) mass is 466 g/mol. The molecule has 0 unspecified atom stereocenters. The normalized spacial score (nSPS) is 13.9. The molecule has 1 N–H and O–H groups in total. The largest absolute Gasteiger partial charge is 0.368 e. The Balaban J connectivity index is 1.36. The second-order valence-electron chi connectivity index (χ2n) is 8.23. The van der Waals surface area contributed by atoms with Crippen LogP contribution in [0.15, 0.2) is 54.9 Å². The van der Waals surface area contributed by atoms with Crippen molar-refractivity contribution in [3.05, 3.63) is 71.1 Å². The number of hydrogen-bond donors (Lipinski definition) is 1. The fourth-order valence-electron chi connectivity index (χ4n) is 4.00. The lowest BCUT2D eigenvalue weighted by atomic mass is 10.1. The molecule has 1 fully saturated rings. The number of aromatic nitrogens is 3. The summed E-state index contributed by atoms with van der Waals surface area (Å²) in [5.41, 5.74) is 2.26. The molecule has 4 rings (SSSR count). The second-order valence-corrected chi connectivity index (χ2v) is 8.66. The Morgan fingerprint density at radius 2 is 1.88 bits per heavy atom. The maximum absolute atomic E-state index is 12.9. The van der Waals surface area contributed by atoms with Crippen molar-refractivity contribution < 1.29 is 9.59 Å². The molecule has 8 nitrogen and oxygen atoms in total. The molecule has 0 saturated carbocycles. The summed E-state index contributed by atoms with van der Waals surface area (Å²) in [4.78, 5) is 33.9. The molecule has 0 radical (unpaired) electrons. The van der Waals surface area contributed by atoms with Crippen molar-refractivity contribution in [1.82, 2.24) is 25.0 Å². The number of carbonyl (C=O) groups excluding carboxylic acids is 2. The van der Waals surface area contributed by atoms with Crippen molar-refractivity contribution in [2.24, 2.45) is 0 Å². The minimum atomic E-state index is -0.313. The lowest BCUT2D eigenvalue weighted by Gasteiger charge is -2.36. The first-order valence-corrected chi connectivity index (χ1v) is 11.4. The molecule has 1 aliphatic rings. The summed E-state index contributed by atoms with van der Waals surface area (Å²) in [5.74, 6) is 0.281. The van der Waals surface area contributed by atoms with Gasteiger partial charge >= 0.3 is 0 Å². The van der Waals surface area contributed by atoms with Crippen molar-refractivity contribution >= 4 is 29.1 Å². The summed E-state index contributed by atoms with van der Waals surface area (Å²) in [6.45, 7) is 6.56. The third-order valence-electron chi connectivity index (χ3n) is 5.67. The number of amides is 2. The summed E-state index contributed by atoms with van der Waals surface area (Å²) in [6, 6.07) is 13.3. The molecule has 2 amide bonds. The van der Waals surface area contributed by atoms with Gasteiger partial charge in [0, 0.05) is 43.1 Å². The van der Waals surface area contributed by atoms with Crippen LogP contribution in [0.1, 0.15) is 35.8 Å². The first kappa shape index (κ1) is 22.8. The van der Waals surface area contributed by atoms with Crippen LogP contribution in [-0.2, 0) is 4.79 Å². The molecule has 1 aliphatic heterocycles. The van der Waals surface area contributed by atoms with E-state index in [-0.39, 0.29) is 24.3 Å². The van der Waals surface area contributed by atoms with Crippen molar-refractivity contribution in [2.75, 3.05) is 37.6 Å². The van der Waals surface area contributed by atoms with E-state index in [0.29, 0.717) is 42.6 Å². The van der Waals surface area contributed by atoms with Crippen LogP contribution in [-0.4, -0.2) is 64.2 Å². The van der Waals surface area contributed by atoms with Crippen LogP contribution in [0.25, 0.3) is 5.82 Å². The zero-order chi connectivity index (χ0) is 23.4. The first-order chi connectivity index (χ1) is 15.9. The topological polar surface area (TPSA) is 83.4 Å². The Labute approximate surface area is 198 Å². The van der Waals surface area contributed by atoms with E-state index < -0.39 is 0 Å². The number of rotatable bonds is 6. The SMILES string of the molecule is CC(C)c1c(C(=O)NCC(=O)N2CCN(c3cccc(Cl)c3)CC2)cnn1-c1ccccn1. The summed E-state index contributed by atoms with van der Waals surface area (Å²) in [7, 11) is 0. The van der Waals surface area contributed by atoms with E-state index in [1.54, 1.807) is 15.8 Å². The van der Waals surface area contributed by atoms with Crippen molar-refractivity contribution in [2.45, 2.75) is 19.8 Å². The molecule has 9 heteroatoms. The highest BCUT2D eigenvalue weighted by molar-refractivity contribution is 6.30. The molecule has 33 heavy (non-hydrogen) atoms. The third-order valence-corrected chi connectivity index (χ3v) is 5.91. The van der Waals surface area contributed by atoms with Crippen molar-refractivity contribution in [1.29, 1.82) is 0 Å². The van der Waals surface area contributed by atoms with Gasteiger partial charge in [0.1, 0.15) is 0 Å². The molecule has 1 aromatic carbocycles. The Hall–Kier alpha value is -3.39. The van der Waals surface area contributed by atoms with E-state index in [0.717, 1.165) is 11.4 Å². The van der Waals surface area contributed by atoms with E-state index >= 15 is 0 Å². The maximum atomic E-state index is 12.9. The van der Waals surface area contributed by atoms with E-state index in [4.69, 9.17) is 11.6 Å². The molecule has 0 spiro atoms. The van der Waals surface area contributed by atoms with E-state index in [2.05, 4.69) is 20.3 Å². The van der Waals surface area contributed by atoms with Crippen molar-refractivity contribution in [3.63, 3.8) is 0 Å². The van der Waals surface area contributed by atoms with Crippen LogP contribution >= 0.6 is 11.6 Å². The van der Waals surface area contributed by atoms with E-state index in [9.17, 15) is 9.59 Å². The number of hydrogen-bond acceptors (Lipinski definition) is 5. The highest BCUT2D eigenvalue weighted by Gasteiger charge is 2.24. The standard InChI is InChI=1S/C24H27ClN6O2/c1-17(2)23-20(15-28-31(23)21-8-3-4-9-26-21)24(33)27-16-22(32)30-12-10-29(11-13-30)19-7-5-6-18(25)14-19/h3-9,14-15,17H,10-13,16H2,1-2H3,(H,27,33). The van der Waals surface area contributed by atoms with Gasteiger partial charge in [-0.05, 0) is 36.2 Å². The van der Waals surface area contributed by atoms with Gasteiger partial charge in [-0.1, -0.05) is 37.6 Å². The minimum absolute atomic E-state index is 0.0468. The van der Waals surface area contributed by atoms with Gasteiger partial charge in [-0.25, -0.2) is 9.67 Å². The van der Waals surface area contributed by atoms with Crippen LogP contribution in [0.2, 0.25) is 5.02 Å². The number of pyridine rings is 1. The number of piperazine rings is 1. The number of carbonyl (C=O) groups is 2. The van der Waals surface area contributed by atoms with Gasteiger partial charge in [0.2, 0.25) is 5.91 Å². The smallest absolute Gasteiger partial charge is 0.255 e. The predicted molar refractivity (Wildman–Crippen MR) is 128 cm³/mol. The molecule has 3 aromatic rings. The predicted octanol–water partition coefficient (Wildman–Crippen LogP) is 3.12. The van der Waals surface area contributed by atoms with Crippen LogP contribution in [0, 0.1) is 0 Å². The highest BCUT2D eigenvalue weighted by Crippen LogP contribution is 2.23. The number of nitrogens with one attached hydrogen (secondary N) is 1. The van der Waals surface area contributed by atoms with Crippen LogP contribution in [0.3, 0.4) is 0 Å². The van der Waals surface area contributed by atoms with Gasteiger partial charge in [-0.15, -0.1) is 0 Å². The lowest BCUT2D eigenvalue weighted by Crippen LogP contribution is -2.51. The molecule has 0 bridgehead atoms. The number of benzene rings is 1. The van der Waals surface area contributed by atoms with E-state index in [1.807, 2.05) is 56.3 Å². The maximum Gasteiger partial charge on any atom is 0.255 e. The Kier molecular flexibility index (Phi) is 6.93. The molecular formula is C24H27ClN6O2. The minimum Gasteiger partial charge on any atom is -0.368 e. The molecule has 1 saturated heterocycles. The zero-order valence-corrected chi connectivity index (χ0v) is 19.5. The zero-order valence-electron chi connectivity index (χ0n) is 18.7. The van der Waals surface area contributed by atoms with Gasteiger partial charge in [-0.3, -0.25) is 9.59 Å². The fraction of sp³-hybridized carbons (Fsp3) is 0.333. The number of anilines is 1. The van der Waals surface area contributed by atoms with Crippen LogP contribution in [0.4, 0.5) is 5.69 Å². The van der Waals surface area contributed by atoms with Gasteiger partial charge in [-0.2, -0.15) is 5.10 Å². The van der Waals surface area contributed by atoms with Crippen LogP contribution < -0.4 is 10.2 Å². The average molecular weight is 467 g/mol. The van der Waals surface area contributed by atoms with Crippen molar-refractivity contribution in [3.8, 4) is 5.82 Å². The van der Waals surface area contributed by atoms with Crippen LogP contribution in [0.5, 0.6) is 0 Å². The number of nitrogens with zero attached hydrogens (tertiary/aromatic N) is 5. The van der Waals surface area contributed by atoms with Gasteiger partial charge in [0.05, 0.1) is 24.0 Å². The Bertz CT molecular complexity index is 1120. The lowest BCUT2D eigenvalue weighted by molar-refractivity contribution is -0.130. The average Bonchev–Trinajstić information content (AvgIpc) is 3.29. The first-order valence-electron chi connectivity index (χ1n) is 11.0. The molecule has 0 aliphatic carbocycles. The Morgan fingerprint density at radius 1 is 1.09 bits per heavy atom. The highest BCUT2D eigenvalue weighted by atomic mass is 35.5. The summed E-state index contributed by atoms with van der Waals surface area (Å²) in [6.07, 6.45) is 3.22. The van der Waals surface area contributed by atoms with Gasteiger partial charge in [0.15, 0.2) is 5.82 Å². The number of halogens is 1. The third kappa shape index (κ3) is 5.17. The molecule has 172 valence electrons. The second kappa shape index (κ2) is 10.0. The Morgan fingerprint density at radius 3 is 2.55 bits per heavy atom. The quantitative estimate of drug-likeness (QED) is 0.603. The summed E-state index contributed by atoms with van der Waals surface area (Å²) >= 11 is 6.09. The van der Waals surface area contributed by atoms with E-state index in [1.165, 1.54) is 6.20 Å². The van der Waals surface area contributed by atoms with Gasteiger partial charge in [0.25, 0.3) is 5.91 Å². The molecular weight excluding hydrogens is 440 g/mol. The summed E-state index contributed by atoms with van der Waals surface area (Å²) < 4.78 is 1.68. The summed E-state index contributed by atoms with van der Waals surface area (Å²) in [5, 5.41) is 7.84. The van der Waals surface area contributed by atoms with Gasteiger partial charge < -0.3 is 15.1 Å². The molecule has 0 atom stereocenters. The molecule has 2 aromatic heterocycles. The fourth-order valence-corrected chi connectivity index (χ4v) is 4.18. The molecule has 3 heterocycles.